The highest BCUT2D eigenvalue weighted by molar-refractivity contribution is 5.47. The maximum atomic E-state index is 5.48. The summed E-state index contributed by atoms with van der Waals surface area (Å²) in [5.41, 5.74) is 6.11. The van der Waals surface area contributed by atoms with Crippen LogP contribution in [0.25, 0.3) is 11.5 Å². The molecule has 0 radical (unpaired) electrons. The lowest BCUT2D eigenvalue weighted by molar-refractivity contribution is 0.538. The SMILES string of the molecule is Cn1nc(C(C)(C)C)nc1-c1cn(CCN)nn1. The molecule has 0 atom stereocenters. The van der Waals surface area contributed by atoms with Crippen molar-refractivity contribution in [3.8, 4) is 11.5 Å². The summed E-state index contributed by atoms with van der Waals surface area (Å²) < 4.78 is 3.44. The van der Waals surface area contributed by atoms with Crippen molar-refractivity contribution in [2.24, 2.45) is 12.8 Å². The van der Waals surface area contributed by atoms with E-state index < -0.39 is 0 Å². The molecule has 2 aromatic rings. The van der Waals surface area contributed by atoms with Gasteiger partial charge in [-0.15, -0.1) is 5.10 Å². The van der Waals surface area contributed by atoms with Gasteiger partial charge in [-0.05, 0) is 0 Å². The third-order valence-electron chi connectivity index (χ3n) is 2.56. The summed E-state index contributed by atoms with van der Waals surface area (Å²) in [4.78, 5) is 4.53. The van der Waals surface area contributed by atoms with E-state index in [1.807, 2.05) is 13.2 Å². The minimum Gasteiger partial charge on any atom is -0.329 e. The topological polar surface area (TPSA) is 87.4 Å². The Hall–Kier alpha value is -1.76. The molecule has 0 fully saturated rings. The molecule has 0 aliphatic carbocycles. The Morgan fingerprint density at radius 3 is 2.61 bits per heavy atom. The van der Waals surface area contributed by atoms with Gasteiger partial charge in [-0.25, -0.2) is 9.67 Å². The average molecular weight is 249 g/mol. The minimum atomic E-state index is -0.0801. The molecule has 2 N–H and O–H groups in total. The lowest BCUT2D eigenvalue weighted by Gasteiger charge is -2.11. The molecule has 0 spiro atoms. The van der Waals surface area contributed by atoms with Gasteiger partial charge in [0, 0.05) is 19.0 Å². The Labute approximate surface area is 106 Å². The van der Waals surface area contributed by atoms with Crippen molar-refractivity contribution >= 4 is 0 Å². The molecule has 2 heterocycles. The number of rotatable bonds is 3. The van der Waals surface area contributed by atoms with Crippen molar-refractivity contribution in [1.29, 1.82) is 0 Å². The zero-order valence-corrected chi connectivity index (χ0v) is 11.3. The Balaban J connectivity index is 2.35. The van der Waals surface area contributed by atoms with Crippen molar-refractivity contribution in [2.45, 2.75) is 32.7 Å². The molecule has 2 rings (SSSR count). The first-order valence-corrected chi connectivity index (χ1v) is 5.94. The summed E-state index contributed by atoms with van der Waals surface area (Å²) >= 11 is 0. The van der Waals surface area contributed by atoms with Crippen LogP contribution in [-0.2, 0) is 19.0 Å². The molecule has 7 nitrogen and oxygen atoms in total. The van der Waals surface area contributed by atoms with Gasteiger partial charge in [-0.3, -0.25) is 4.68 Å². The van der Waals surface area contributed by atoms with E-state index in [1.54, 1.807) is 9.36 Å². The van der Waals surface area contributed by atoms with E-state index >= 15 is 0 Å². The predicted molar refractivity (Wildman–Crippen MR) is 67.8 cm³/mol. The summed E-state index contributed by atoms with van der Waals surface area (Å²) in [5.74, 6) is 1.52. The van der Waals surface area contributed by atoms with Crippen LogP contribution in [0.1, 0.15) is 26.6 Å². The molecule has 0 saturated heterocycles. The van der Waals surface area contributed by atoms with Crippen LogP contribution in [0.5, 0.6) is 0 Å². The highest BCUT2D eigenvalue weighted by atomic mass is 15.4. The smallest absolute Gasteiger partial charge is 0.180 e. The fourth-order valence-corrected chi connectivity index (χ4v) is 1.57. The predicted octanol–water partition coefficient (Wildman–Crippen LogP) is 0.330. The van der Waals surface area contributed by atoms with Gasteiger partial charge in [0.25, 0.3) is 0 Å². The molecular weight excluding hydrogens is 230 g/mol. The molecule has 18 heavy (non-hydrogen) atoms. The molecule has 0 unspecified atom stereocenters. The molecule has 7 heteroatoms. The Morgan fingerprint density at radius 2 is 2.06 bits per heavy atom. The lowest BCUT2D eigenvalue weighted by Crippen LogP contribution is -2.13. The molecule has 0 aliphatic rings. The van der Waals surface area contributed by atoms with E-state index in [4.69, 9.17) is 5.73 Å². The maximum absolute atomic E-state index is 5.48. The van der Waals surface area contributed by atoms with E-state index in [1.165, 1.54) is 0 Å². The fourth-order valence-electron chi connectivity index (χ4n) is 1.57. The summed E-state index contributed by atoms with van der Waals surface area (Å²) in [5, 5.41) is 12.5. The molecule has 0 aliphatic heterocycles. The fraction of sp³-hybridized carbons (Fsp3) is 0.636. The van der Waals surface area contributed by atoms with Gasteiger partial charge < -0.3 is 5.73 Å². The number of aromatic nitrogens is 6. The normalized spacial score (nSPS) is 12.1. The van der Waals surface area contributed by atoms with Gasteiger partial charge in [0.1, 0.15) is 5.69 Å². The van der Waals surface area contributed by atoms with Gasteiger partial charge in [0.15, 0.2) is 11.6 Å². The van der Waals surface area contributed by atoms with Crippen LogP contribution in [-0.4, -0.2) is 36.3 Å². The second-order valence-electron chi connectivity index (χ2n) is 5.29. The van der Waals surface area contributed by atoms with E-state index in [0.29, 0.717) is 18.8 Å². The van der Waals surface area contributed by atoms with Crippen LogP contribution in [0.4, 0.5) is 0 Å². The first kappa shape index (κ1) is 12.7. The number of hydrogen-bond acceptors (Lipinski definition) is 5. The van der Waals surface area contributed by atoms with Crippen molar-refractivity contribution in [1.82, 2.24) is 29.8 Å². The largest absolute Gasteiger partial charge is 0.329 e. The Kier molecular flexibility index (Phi) is 3.16. The Bertz CT molecular complexity index is 532. The van der Waals surface area contributed by atoms with Crippen LogP contribution in [0.2, 0.25) is 0 Å². The number of hydrogen-bond donors (Lipinski definition) is 1. The average Bonchev–Trinajstić information content (AvgIpc) is 2.84. The molecule has 98 valence electrons. The quantitative estimate of drug-likeness (QED) is 0.847. The third kappa shape index (κ3) is 2.40. The van der Waals surface area contributed by atoms with E-state index in [-0.39, 0.29) is 5.41 Å². The van der Waals surface area contributed by atoms with Gasteiger partial charge in [-0.2, -0.15) is 5.10 Å². The van der Waals surface area contributed by atoms with Crippen molar-refractivity contribution in [3.05, 3.63) is 12.0 Å². The summed E-state index contributed by atoms with van der Waals surface area (Å²) in [6, 6.07) is 0. The first-order valence-electron chi connectivity index (χ1n) is 5.94. The monoisotopic (exact) mass is 249 g/mol. The molecule has 0 aromatic carbocycles. The van der Waals surface area contributed by atoms with Crippen LogP contribution >= 0.6 is 0 Å². The second-order valence-corrected chi connectivity index (χ2v) is 5.29. The summed E-state index contributed by atoms with van der Waals surface area (Å²) in [6.07, 6.45) is 1.84. The van der Waals surface area contributed by atoms with E-state index in [9.17, 15) is 0 Å². The van der Waals surface area contributed by atoms with E-state index in [0.717, 1.165) is 11.6 Å². The van der Waals surface area contributed by atoms with Crippen LogP contribution < -0.4 is 5.73 Å². The van der Waals surface area contributed by atoms with Crippen LogP contribution in [0, 0.1) is 0 Å². The molecular formula is C11H19N7. The molecule has 2 aromatic heterocycles. The zero-order valence-electron chi connectivity index (χ0n) is 11.3. The third-order valence-corrected chi connectivity index (χ3v) is 2.56. The molecule has 0 saturated carbocycles. The van der Waals surface area contributed by atoms with Gasteiger partial charge >= 0.3 is 0 Å². The highest BCUT2D eigenvalue weighted by Gasteiger charge is 2.22. The van der Waals surface area contributed by atoms with Crippen molar-refractivity contribution < 1.29 is 0 Å². The number of nitrogens with two attached hydrogens (primary N) is 1. The molecule has 0 amide bonds. The van der Waals surface area contributed by atoms with Gasteiger partial charge in [0.05, 0.1) is 12.7 Å². The molecule has 0 bridgehead atoms. The van der Waals surface area contributed by atoms with Crippen molar-refractivity contribution in [3.63, 3.8) is 0 Å². The number of aryl methyl sites for hydroxylation is 1. The van der Waals surface area contributed by atoms with Crippen LogP contribution in [0.3, 0.4) is 0 Å². The van der Waals surface area contributed by atoms with Crippen molar-refractivity contribution in [2.75, 3.05) is 6.54 Å². The summed E-state index contributed by atoms with van der Waals surface area (Å²) in [7, 11) is 1.86. The lowest BCUT2D eigenvalue weighted by atomic mass is 9.96. The van der Waals surface area contributed by atoms with E-state index in [2.05, 4.69) is 41.2 Å². The maximum Gasteiger partial charge on any atom is 0.180 e. The Morgan fingerprint density at radius 1 is 1.33 bits per heavy atom. The van der Waals surface area contributed by atoms with Gasteiger partial charge in [0.2, 0.25) is 0 Å². The highest BCUT2D eigenvalue weighted by Crippen LogP contribution is 2.21. The first-order chi connectivity index (χ1) is 8.41. The standard InChI is InChI=1S/C11H19N7/c1-11(2,3)10-13-9(17(4)15-10)8-7-18(6-5-12)16-14-8/h7H,5-6,12H2,1-4H3. The summed E-state index contributed by atoms with van der Waals surface area (Å²) in [6.45, 7) is 7.43. The number of nitrogens with zero attached hydrogens (tertiary/aromatic N) is 6. The zero-order chi connectivity index (χ0) is 13.3. The second kappa shape index (κ2) is 4.49. The minimum absolute atomic E-state index is 0.0801. The van der Waals surface area contributed by atoms with Gasteiger partial charge in [-0.1, -0.05) is 26.0 Å². The van der Waals surface area contributed by atoms with Crippen LogP contribution in [0.15, 0.2) is 6.20 Å².